The predicted molar refractivity (Wildman–Crippen MR) is 81.5 cm³/mol. The third-order valence-corrected chi connectivity index (χ3v) is 4.91. The van der Waals surface area contributed by atoms with Gasteiger partial charge < -0.3 is 5.32 Å². The molecule has 0 atom stereocenters. The lowest BCUT2D eigenvalue weighted by Crippen LogP contribution is -2.43. The molecule has 0 fully saturated rings. The molecule has 0 aliphatic rings. The Hall–Kier alpha value is -0.170. The lowest BCUT2D eigenvalue weighted by molar-refractivity contribution is 0.354. The fourth-order valence-electron chi connectivity index (χ4n) is 1.88. The van der Waals surface area contributed by atoms with Crippen LogP contribution in [-0.2, 0) is 10.2 Å². The van der Waals surface area contributed by atoms with Crippen LogP contribution in [0.15, 0.2) is 0 Å². The molecule has 0 heterocycles. The zero-order valence-electron chi connectivity index (χ0n) is 13.0. The standard InChI is InChI=1S/C13H31N3O2S/c1-5-9-14-10-8-13-15(4)19(17,18)16(11-6-2)12-7-3/h14H,5-13H2,1-4H3. The van der Waals surface area contributed by atoms with Crippen LogP contribution < -0.4 is 5.32 Å². The molecule has 0 unspecified atom stereocenters. The molecule has 1 N–H and O–H groups in total. The first-order valence-electron chi connectivity index (χ1n) is 7.42. The van der Waals surface area contributed by atoms with E-state index in [1.54, 1.807) is 11.4 Å². The second-order valence-corrected chi connectivity index (χ2v) is 6.87. The van der Waals surface area contributed by atoms with Gasteiger partial charge in [-0.25, -0.2) is 0 Å². The molecule has 0 aromatic carbocycles. The topological polar surface area (TPSA) is 52.7 Å². The van der Waals surface area contributed by atoms with E-state index in [-0.39, 0.29) is 0 Å². The lowest BCUT2D eigenvalue weighted by atomic mass is 10.4. The summed E-state index contributed by atoms with van der Waals surface area (Å²) in [4.78, 5) is 0. The van der Waals surface area contributed by atoms with Crippen molar-refractivity contribution in [2.24, 2.45) is 0 Å². The largest absolute Gasteiger partial charge is 0.317 e. The molecule has 0 saturated heterocycles. The van der Waals surface area contributed by atoms with E-state index in [1.807, 2.05) is 13.8 Å². The van der Waals surface area contributed by atoms with Gasteiger partial charge in [0, 0.05) is 26.7 Å². The second kappa shape index (κ2) is 10.6. The van der Waals surface area contributed by atoms with Crippen LogP contribution in [0.3, 0.4) is 0 Å². The summed E-state index contributed by atoms with van der Waals surface area (Å²) in [5.74, 6) is 0. The minimum Gasteiger partial charge on any atom is -0.317 e. The van der Waals surface area contributed by atoms with Gasteiger partial charge in [-0.3, -0.25) is 0 Å². The molecule has 0 amide bonds. The molecule has 0 saturated carbocycles. The third-order valence-electron chi connectivity index (χ3n) is 2.92. The maximum Gasteiger partial charge on any atom is 0.281 e. The molecule has 19 heavy (non-hydrogen) atoms. The minimum absolute atomic E-state index is 0.572. The second-order valence-electron chi connectivity index (χ2n) is 4.83. The monoisotopic (exact) mass is 293 g/mol. The van der Waals surface area contributed by atoms with Crippen LogP contribution in [-0.4, -0.2) is 56.8 Å². The van der Waals surface area contributed by atoms with E-state index < -0.39 is 10.2 Å². The maximum absolute atomic E-state index is 12.4. The van der Waals surface area contributed by atoms with E-state index in [2.05, 4.69) is 12.2 Å². The van der Waals surface area contributed by atoms with Crippen LogP contribution >= 0.6 is 0 Å². The molecule has 0 spiro atoms. The predicted octanol–water partition coefficient (Wildman–Crippen LogP) is 1.67. The quantitative estimate of drug-likeness (QED) is 0.557. The van der Waals surface area contributed by atoms with Crippen molar-refractivity contribution in [2.75, 3.05) is 39.8 Å². The number of hydrogen-bond donors (Lipinski definition) is 1. The molecule has 0 aromatic rings. The summed E-state index contributed by atoms with van der Waals surface area (Å²) in [6.07, 6.45) is 3.66. The van der Waals surface area contributed by atoms with Crippen LogP contribution in [0.1, 0.15) is 46.5 Å². The van der Waals surface area contributed by atoms with Gasteiger partial charge in [0.05, 0.1) is 0 Å². The Morgan fingerprint density at radius 1 is 0.895 bits per heavy atom. The van der Waals surface area contributed by atoms with Gasteiger partial charge in [0.15, 0.2) is 0 Å². The van der Waals surface area contributed by atoms with Crippen LogP contribution in [0.2, 0.25) is 0 Å². The van der Waals surface area contributed by atoms with Crippen molar-refractivity contribution in [3.63, 3.8) is 0 Å². The van der Waals surface area contributed by atoms with E-state index in [1.165, 1.54) is 4.31 Å². The van der Waals surface area contributed by atoms with E-state index in [4.69, 9.17) is 0 Å². The Morgan fingerprint density at radius 3 is 1.95 bits per heavy atom. The summed E-state index contributed by atoms with van der Waals surface area (Å²) in [6, 6.07) is 0. The molecule has 0 radical (unpaired) electrons. The molecule has 0 aliphatic heterocycles. The van der Waals surface area contributed by atoms with E-state index in [9.17, 15) is 8.42 Å². The average molecular weight is 293 g/mol. The first-order valence-corrected chi connectivity index (χ1v) is 8.82. The van der Waals surface area contributed by atoms with Crippen LogP contribution in [0.25, 0.3) is 0 Å². The van der Waals surface area contributed by atoms with Crippen molar-refractivity contribution in [1.82, 2.24) is 13.9 Å². The summed E-state index contributed by atoms with van der Waals surface area (Å²) in [5, 5.41) is 3.29. The van der Waals surface area contributed by atoms with Crippen molar-refractivity contribution in [1.29, 1.82) is 0 Å². The zero-order valence-corrected chi connectivity index (χ0v) is 13.8. The molecule has 0 rings (SSSR count). The summed E-state index contributed by atoms with van der Waals surface area (Å²) in [5.41, 5.74) is 0. The first kappa shape index (κ1) is 18.8. The average Bonchev–Trinajstić information content (AvgIpc) is 2.38. The van der Waals surface area contributed by atoms with Crippen LogP contribution in [0.4, 0.5) is 0 Å². The zero-order chi connectivity index (χ0) is 14.7. The Morgan fingerprint density at radius 2 is 1.47 bits per heavy atom. The number of nitrogens with zero attached hydrogens (tertiary/aromatic N) is 2. The fraction of sp³-hybridized carbons (Fsp3) is 1.00. The van der Waals surface area contributed by atoms with E-state index >= 15 is 0 Å². The van der Waals surface area contributed by atoms with Gasteiger partial charge in [0.25, 0.3) is 10.2 Å². The van der Waals surface area contributed by atoms with Crippen molar-refractivity contribution in [2.45, 2.75) is 46.5 Å². The van der Waals surface area contributed by atoms with Gasteiger partial charge in [0.2, 0.25) is 0 Å². The molecule has 0 aromatic heterocycles. The summed E-state index contributed by atoms with van der Waals surface area (Å²) in [7, 11) is -1.61. The summed E-state index contributed by atoms with van der Waals surface area (Å²) < 4.78 is 27.8. The van der Waals surface area contributed by atoms with Crippen molar-refractivity contribution >= 4 is 10.2 Å². The fourth-order valence-corrected chi connectivity index (χ4v) is 3.46. The smallest absolute Gasteiger partial charge is 0.281 e. The highest BCUT2D eigenvalue weighted by Crippen LogP contribution is 2.08. The van der Waals surface area contributed by atoms with Gasteiger partial charge in [-0.05, 0) is 38.8 Å². The number of hydrogen-bond acceptors (Lipinski definition) is 3. The van der Waals surface area contributed by atoms with Gasteiger partial charge in [-0.1, -0.05) is 20.8 Å². The van der Waals surface area contributed by atoms with Gasteiger partial charge in [0.1, 0.15) is 0 Å². The molecule has 5 nitrogen and oxygen atoms in total. The normalized spacial score (nSPS) is 12.5. The highest BCUT2D eigenvalue weighted by Gasteiger charge is 2.24. The Balaban J connectivity index is 4.27. The minimum atomic E-state index is -3.28. The lowest BCUT2D eigenvalue weighted by Gasteiger charge is -2.27. The molecule has 0 bridgehead atoms. The molecular weight excluding hydrogens is 262 g/mol. The SMILES string of the molecule is CCCNCCCN(C)S(=O)(=O)N(CCC)CCC. The molecule has 116 valence electrons. The van der Waals surface area contributed by atoms with Crippen LogP contribution in [0, 0.1) is 0 Å². The van der Waals surface area contributed by atoms with Crippen molar-refractivity contribution in [3.8, 4) is 0 Å². The molecule has 6 heteroatoms. The van der Waals surface area contributed by atoms with Gasteiger partial charge in [-0.2, -0.15) is 17.0 Å². The van der Waals surface area contributed by atoms with E-state index in [0.717, 1.165) is 38.8 Å². The Bertz CT molecular complexity index is 301. The summed E-state index contributed by atoms with van der Waals surface area (Å²) in [6.45, 7) is 9.78. The first-order chi connectivity index (χ1) is 9.00. The van der Waals surface area contributed by atoms with Crippen molar-refractivity contribution in [3.05, 3.63) is 0 Å². The van der Waals surface area contributed by atoms with E-state index in [0.29, 0.717) is 19.6 Å². The third kappa shape index (κ3) is 7.25. The van der Waals surface area contributed by atoms with Crippen molar-refractivity contribution < 1.29 is 8.42 Å². The number of nitrogens with one attached hydrogen (secondary N) is 1. The summed E-state index contributed by atoms with van der Waals surface area (Å²) >= 11 is 0. The number of rotatable bonds is 12. The Kier molecular flexibility index (Phi) is 10.5. The maximum atomic E-state index is 12.4. The Labute approximate surface area is 119 Å². The van der Waals surface area contributed by atoms with Crippen LogP contribution in [0.5, 0.6) is 0 Å². The van der Waals surface area contributed by atoms with Gasteiger partial charge >= 0.3 is 0 Å². The highest BCUT2D eigenvalue weighted by atomic mass is 32.2. The van der Waals surface area contributed by atoms with Gasteiger partial charge in [-0.15, -0.1) is 0 Å². The molecular formula is C13H31N3O2S. The highest BCUT2D eigenvalue weighted by molar-refractivity contribution is 7.86. The molecule has 0 aliphatic carbocycles.